The van der Waals surface area contributed by atoms with Crippen molar-refractivity contribution in [1.29, 1.82) is 0 Å². The third-order valence-corrected chi connectivity index (χ3v) is 4.31. The van der Waals surface area contributed by atoms with Crippen LogP contribution in [0.2, 0.25) is 0 Å². The third-order valence-electron chi connectivity index (χ3n) is 4.31. The molecule has 3 rings (SSSR count). The molecule has 1 aliphatic rings. The van der Waals surface area contributed by atoms with Gasteiger partial charge in [0.2, 0.25) is 5.89 Å². The summed E-state index contributed by atoms with van der Waals surface area (Å²) in [6.07, 6.45) is 2.09. The molecule has 0 N–H and O–H groups in total. The SMILES string of the molecule is Cc1cnc(CN2CCC(Cn3cnc(C(F)F)cc3=O)CC2)o1. The average Bonchev–Trinajstić information content (AvgIpc) is 2.96. The maximum absolute atomic E-state index is 12.5. The lowest BCUT2D eigenvalue weighted by Gasteiger charge is -2.31. The molecule has 0 saturated carbocycles. The van der Waals surface area contributed by atoms with Crippen LogP contribution in [0.15, 0.2) is 27.8 Å². The largest absolute Gasteiger partial charge is 0.445 e. The standard InChI is InChI=1S/C16H20F2N4O2/c1-11-7-19-14(24-11)9-21-4-2-12(3-5-21)8-22-10-20-13(16(17)18)6-15(22)23/h6-7,10,12,16H,2-5,8-9H2,1H3. The van der Waals surface area contributed by atoms with Crippen LogP contribution in [0.4, 0.5) is 8.78 Å². The number of hydrogen-bond acceptors (Lipinski definition) is 5. The molecule has 8 heteroatoms. The molecule has 3 heterocycles. The van der Waals surface area contributed by atoms with Gasteiger partial charge in [-0.15, -0.1) is 0 Å². The molecule has 130 valence electrons. The number of aromatic nitrogens is 3. The molecule has 1 saturated heterocycles. The number of rotatable bonds is 5. The Labute approximate surface area is 138 Å². The van der Waals surface area contributed by atoms with Crippen molar-refractivity contribution in [2.24, 2.45) is 5.92 Å². The molecular formula is C16H20F2N4O2. The highest BCUT2D eigenvalue weighted by atomic mass is 19.3. The van der Waals surface area contributed by atoms with E-state index in [4.69, 9.17) is 4.42 Å². The van der Waals surface area contributed by atoms with E-state index in [1.54, 1.807) is 6.20 Å². The van der Waals surface area contributed by atoms with Gasteiger partial charge < -0.3 is 4.42 Å². The second-order valence-corrected chi connectivity index (χ2v) is 6.19. The number of nitrogens with zero attached hydrogens (tertiary/aromatic N) is 4. The Morgan fingerprint density at radius 2 is 2.08 bits per heavy atom. The lowest BCUT2D eigenvalue weighted by molar-refractivity contribution is 0.144. The van der Waals surface area contributed by atoms with Crippen molar-refractivity contribution in [2.45, 2.75) is 39.3 Å². The zero-order valence-corrected chi connectivity index (χ0v) is 13.5. The van der Waals surface area contributed by atoms with E-state index in [0.29, 0.717) is 24.9 Å². The first-order valence-electron chi connectivity index (χ1n) is 7.99. The monoisotopic (exact) mass is 338 g/mol. The number of halogens is 2. The summed E-state index contributed by atoms with van der Waals surface area (Å²) < 4.78 is 32.0. The van der Waals surface area contributed by atoms with Gasteiger partial charge in [0.15, 0.2) is 0 Å². The van der Waals surface area contributed by atoms with Gasteiger partial charge in [-0.2, -0.15) is 0 Å². The van der Waals surface area contributed by atoms with E-state index < -0.39 is 17.7 Å². The molecule has 6 nitrogen and oxygen atoms in total. The van der Waals surface area contributed by atoms with E-state index in [1.165, 1.54) is 10.9 Å². The lowest BCUT2D eigenvalue weighted by Crippen LogP contribution is -2.36. The highest BCUT2D eigenvalue weighted by Gasteiger charge is 2.21. The van der Waals surface area contributed by atoms with Crippen molar-refractivity contribution >= 4 is 0 Å². The fourth-order valence-corrected chi connectivity index (χ4v) is 2.97. The Morgan fingerprint density at radius 3 is 2.67 bits per heavy atom. The molecule has 1 fully saturated rings. The molecule has 2 aromatic rings. The number of alkyl halides is 2. The van der Waals surface area contributed by atoms with Gasteiger partial charge in [0.05, 0.1) is 19.1 Å². The van der Waals surface area contributed by atoms with Crippen LogP contribution in [-0.4, -0.2) is 32.5 Å². The summed E-state index contributed by atoms with van der Waals surface area (Å²) in [5.74, 6) is 1.86. The first-order valence-corrected chi connectivity index (χ1v) is 7.99. The van der Waals surface area contributed by atoms with Crippen LogP contribution < -0.4 is 5.56 Å². The number of oxazole rings is 1. The Bertz CT molecular complexity index is 736. The van der Waals surface area contributed by atoms with Gasteiger partial charge in [0.1, 0.15) is 11.5 Å². The van der Waals surface area contributed by atoms with Crippen LogP contribution in [0.3, 0.4) is 0 Å². The summed E-state index contributed by atoms with van der Waals surface area (Å²) >= 11 is 0. The predicted octanol–water partition coefficient (Wildman–Crippen LogP) is 2.39. The number of piperidine rings is 1. The molecular weight excluding hydrogens is 318 g/mol. The summed E-state index contributed by atoms with van der Waals surface area (Å²) in [5.41, 5.74) is -0.884. The quantitative estimate of drug-likeness (QED) is 0.838. The molecule has 0 aliphatic carbocycles. The van der Waals surface area contributed by atoms with E-state index in [0.717, 1.165) is 37.8 Å². The van der Waals surface area contributed by atoms with Crippen molar-refractivity contribution in [3.05, 3.63) is 46.3 Å². The Balaban J connectivity index is 1.53. The molecule has 2 aromatic heterocycles. The van der Waals surface area contributed by atoms with E-state index in [2.05, 4.69) is 14.9 Å². The van der Waals surface area contributed by atoms with Crippen molar-refractivity contribution in [1.82, 2.24) is 19.4 Å². The molecule has 0 amide bonds. The third kappa shape index (κ3) is 4.05. The molecule has 0 aromatic carbocycles. The first kappa shape index (κ1) is 16.8. The second kappa shape index (κ2) is 7.21. The number of likely N-dealkylation sites (tertiary alicyclic amines) is 1. The lowest BCUT2D eigenvalue weighted by atomic mass is 9.96. The van der Waals surface area contributed by atoms with E-state index >= 15 is 0 Å². The maximum atomic E-state index is 12.5. The second-order valence-electron chi connectivity index (χ2n) is 6.19. The normalized spacial score (nSPS) is 16.8. The summed E-state index contributed by atoms with van der Waals surface area (Å²) in [4.78, 5) is 22.0. The van der Waals surface area contributed by atoms with Crippen LogP contribution in [-0.2, 0) is 13.1 Å². The van der Waals surface area contributed by atoms with E-state index in [1.807, 2.05) is 6.92 Å². The summed E-state index contributed by atoms with van der Waals surface area (Å²) in [6, 6.07) is 0.921. The molecule has 0 atom stereocenters. The zero-order chi connectivity index (χ0) is 17.1. The molecule has 0 spiro atoms. The van der Waals surface area contributed by atoms with Crippen LogP contribution >= 0.6 is 0 Å². The van der Waals surface area contributed by atoms with Gasteiger partial charge in [-0.1, -0.05) is 0 Å². The first-order chi connectivity index (χ1) is 11.5. The van der Waals surface area contributed by atoms with Gasteiger partial charge in [0, 0.05) is 12.6 Å². The summed E-state index contributed by atoms with van der Waals surface area (Å²) in [5, 5.41) is 0. The summed E-state index contributed by atoms with van der Waals surface area (Å²) in [6.45, 7) is 4.85. The Kier molecular flexibility index (Phi) is 5.03. The van der Waals surface area contributed by atoms with E-state index in [-0.39, 0.29) is 0 Å². The minimum atomic E-state index is -2.71. The molecule has 24 heavy (non-hydrogen) atoms. The van der Waals surface area contributed by atoms with Gasteiger partial charge in [-0.25, -0.2) is 18.7 Å². The van der Waals surface area contributed by atoms with Crippen molar-refractivity contribution in [3.63, 3.8) is 0 Å². The van der Waals surface area contributed by atoms with Crippen LogP contribution in [0.25, 0.3) is 0 Å². The average molecular weight is 338 g/mol. The fourth-order valence-electron chi connectivity index (χ4n) is 2.97. The van der Waals surface area contributed by atoms with E-state index in [9.17, 15) is 13.6 Å². The zero-order valence-electron chi connectivity index (χ0n) is 13.5. The minimum Gasteiger partial charge on any atom is -0.445 e. The topological polar surface area (TPSA) is 64.2 Å². The number of hydrogen-bond donors (Lipinski definition) is 0. The highest BCUT2D eigenvalue weighted by molar-refractivity contribution is 5.01. The molecule has 0 radical (unpaired) electrons. The molecule has 0 unspecified atom stereocenters. The van der Waals surface area contributed by atoms with Crippen molar-refractivity contribution < 1.29 is 13.2 Å². The van der Waals surface area contributed by atoms with Gasteiger partial charge in [-0.05, 0) is 38.8 Å². The van der Waals surface area contributed by atoms with Gasteiger partial charge >= 0.3 is 0 Å². The smallest absolute Gasteiger partial charge is 0.280 e. The van der Waals surface area contributed by atoms with Crippen molar-refractivity contribution in [3.8, 4) is 0 Å². The predicted molar refractivity (Wildman–Crippen MR) is 82.7 cm³/mol. The summed E-state index contributed by atoms with van der Waals surface area (Å²) in [7, 11) is 0. The maximum Gasteiger partial charge on any atom is 0.280 e. The minimum absolute atomic E-state index is 0.337. The van der Waals surface area contributed by atoms with Crippen LogP contribution in [0.1, 0.15) is 36.6 Å². The highest BCUT2D eigenvalue weighted by Crippen LogP contribution is 2.20. The van der Waals surface area contributed by atoms with Gasteiger partial charge in [0.25, 0.3) is 12.0 Å². The Morgan fingerprint density at radius 1 is 1.33 bits per heavy atom. The van der Waals surface area contributed by atoms with Crippen LogP contribution in [0, 0.1) is 12.8 Å². The number of aryl methyl sites for hydroxylation is 1. The Hall–Kier alpha value is -2.09. The fraction of sp³-hybridized carbons (Fsp3) is 0.562. The van der Waals surface area contributed by atoms with Crippen LogP contribution in [0.5, 0.6) is 0 Å². The molecule has 0 bridgehead atoms. The molecule has 1 aliphatic heterocycles. The van der Waals surface area contributed by atoms with Crippen molar-refractivity contribution in [2.75, 3.05) is 13.1 Å². The van der Waals surface area contributed by atoms with Gasteiger partial charge in [-0.3, -0.25) is 14.3 Å².